The van der Waals surface area contributed by atoms with Crippen molar-refractivity contribution in [3.05, 3.63) is 42.3 Å². The number of nitrogens with zero attached hydrogens (tertiary/aromatic N) is 6. The summed E-state index contributed by atoms with van der Waals surface area (Å²) >= 11 is 0. The SMILES string of the molecule is CCCn1nnc(-c2ccc(-c3ccc(N4C[C@H](C(O)CC)OC4=O)cc3F)cn2)n1.O=P(O)(O)O. The Morgan fingerprint density at radius 2 is 1.94 bits per heavy atom. The number of phosphoric acid groups is 1. The lowest BCUT2D eigenvalue weighted by molar-refractivity contribution is 0.0308. The molecule has 3 heterocycles. The quantitative estimate of drug-likeness (QED) is 0.332. The van der Waals surface area contributed by atoms with Crippen LogP contribution in [-0.2, 0) is 15.8 Å². The Morgan fingerprint density at radius 3 is 2.53 bits per heavy atom. The lowest BCUT2D eigenvalue weighted by atomic mass is 10.1. The molecule has 1 saturated heterocycles. The normalized spacial score (nSPS) is 16.4. The van der Waals surface area contributed by atoms with Gasteiger partial charge in [0.05, 0.1) is 24.9 Å². The summed E-state index contributed by atoms with van der Waals surface area (Å²) in [5, 5.41) is 22.1. The van der Waals surface area contributed by atoms with Gasteiger partial charge in [0, 0.05) is 17.3 Å². The molecule has 1 aliphatic rings. The molecule has 0 saturated carbocycles. The topological polar surface area (TPSA) is 184 Å². The number of benzene rings is 1. The Labute approximate surface area is 205 Å². The third-order valence-corrected chi connectivity index (χ3v) is 5.13. The highest BCUT2D eigenvalue weighted by molar-refractivity contribution is 7.45. The maximum Gasteiger partial charge on any atom is 0.466 e. The molecule has 3 aromatic rings. The second-order valence-electron chi connectivity index (χ2n) is 7.83. The average Bonchev–Trinajstić information content (AvgIpc) is 3.45. The summed E-state index contributed by atoms with van der Waals surface area (Å²) < 4.78 is 28.9. The molecule has 1 fully saturated rings. The first-order valence-corrected chi connectivity index (χ1v) is 12.5. The zero-order chi connectivity index (χ0) is 26.5. The number of hydrogen-bond acceptors (Lipinski definition) is 8. The van der Waals surface area contributed by atoms with E-state index in [1.54, 1.807) is 37.4 Å². The van der Waals surface area contributed by atoms with Gasteiger partial charge in [-0.15, -0.1) is 10.2 Å². The Bertz CT molecular complexity index is 1230. The van der Waals surface area contributed by atoms with Crippen LogP contribution in [-0.4, -0.2) is 69.8 Å². The first kappa shape index (κ1) is 27.3. The van der Waals surface area contributed by atoms with Crippen LogP contribution in [0.1, 0.15) is 26.7 Å². The monoisotopic (exact) mass is 524 g/mol. The number of aryl methyl sites for hydroxylation is 1. The van der Waals surface area contributed by atoms with Crippen molar-refractivity contribution in [1.82, 2.24) is 25.2 Å². The number of anilines is 1. The predicted octanol–water partition coefficient (Wildman–Crippen LogP) is 2.12. The van der Waals surface area contributed by atoms with Gasteiger partial charge in [0.2, 0.25) is 5.82 Å². The molecule has 2 aromatic heterocycles. The molecule has 13 nitrogen and oxygen atoms in total. The molecule has 15 heteroatoms. The number of hydrogen-bond donors (Lipinski definition) is 4. The van der Waals surface area contributed by atoms with Crippen LogP contribution in [0.2, 0.25) is 0 Å². The summed E-state index contributed by atoms with van der Waals surface area (Å²) in [5.74, 6) is -0.0847. The molecule has 0 bridgehead atoms. The fourth-order valence-electron chi connectivity index (χ4n) is 3.39. The van der Waals surface area contributed by atoms with Crippen LogP contribution >= 0.6 is 7.82 Å². The van der Waals surface area contributed by atoms with Crippen molar-refractivity contribution >= 4 is 19.6 Å². The predicted molar refractivity (Wildman–Crippen MR) is 125 cm³/mol. The standard InChI is InChI=1S/C21H23FN6O3.H3O4P/c1-3-9-28-25-20(24-26-28)17-8-5-13(11-23-17)15-7-6-14(10-16(15)22)27-12-19(18(29)4-2)31-21(27)30;1-5(2,3)4/h5-8,10-11,18-19,29H,3-4,9,12H2,1-2H3;(H3,1,2,3,4)/t18?,19-;/m1./s1. The number of ether oxygens (including phenoxy) is 1. The van der Waals surface area contributed by atoms with Gasteiger partial charge in [0.15, 0.2) is 0 Å². The number of cyclic esters (lactones) is 1. The van der Waals surface area contributed by atoms with Crippen molar-refractivity contribution in [3.8, 4) is 22.6 Å². The highest BCUT2D eigenvalue weighted by Gasteiger charge is 2.36. The molecule has 4 N–H and O–H groups in total. The van der Waals surface area contributed by atoms with E-state index < -0.39 is 31.9 Å². The van der Waals surface area contributed by atoms with Gasteiger partial charge in [-0.05, 0) is 42.3 Å². The Kier molecular flexibility index (Phi) is 8.82. The van der Waals surface area contributed by atoms with Gasteiger partial charge in [-0.2, -0.15) is 4.80 Å². The minimum absolute atomic E-state index is 0.175. The summed E-state index contributed by atoms with van der Waals surface area (Å²) in [6.45, 7) is 4.67. The molecule has 1 aliphatic heterocycles. The average molecular weight is 524 g/mol. The minimum Gasteiger partial charge on any atom is -0.441 e. The number of aromatic nitrogens is 5. The van der Waals surface area contributed by atoms with Gasteiger partial charge in [-0.25, -0.2) is 13.8 Å². The summed E-state index contributed by atoms with van der Waals surface area (Å²) in [4.78, 5) is 40.9. The highest BCUT2D eigenvalue weighted by atomic mass is 31.2. The van der Waals surface area contributed by atoms with Crippen LogP contribution in [0.5, 0.6) is 0 Å². The number of halogens is 1. The second kappa shape index (κ2) is 11.6. The van der Waals surface area contributed by atoms with E-state index in [9.17, 15) is 14.3 Å². The number of carbonyl (C=O) groups is 1. The molecule has 1 aromatic carbocycles. The third-order valence-electron chi connectivity index (χ3n) is 5.13. The largest absolute Gasteiger partial charge is 0.466 e. The Hall–Kier alpha value is -3.29. The van der Waals surface area contributed by atoms with Crippen molar-refractivity contribution in [3.63, 3.8) is 0 Å². The van der Waals surface area contributed by atoms with E-state index in [1.165, 1.54) is 15.8 Å². The van der Waals surface area contributed by atoms with Gasteiger partial charge in [0.25, 0.3) is 0 Å². The molecule has 2 atom stereocenters. The minimum atomic E-state index is -4.64. The molecule has 36 heavy (non-hydrogen) atoms. The number of tetrazole rings is 1. The third kappa shape index (κ3) is 7.12. The van der Waals surface area contributed by atoms with E-state index in [-0.39, 0.29) is 6.54 Å². The molecule has 4 rings (SSSR count). The molecule has 1 amide bonds. The van der Waals surface area contributed by atoms with Crippen molar-refractivity contribution in [2.24, 2.45) is 0 Å². The van der Waals surface area contributed by atoms with Crippen LogP contribution in [0.4, 0.5) is 14.9 Å². The molecule has 0 spiro atoms. The van der Waals surface area contributed by atoms with E-state index in [0.29, 0.717) is 41.3 Å². The van der Waals surface area contributed by atoms with Crippen molar-refractivity contribution in [2.75, 3.05) is 11.4 Å². The van der Waals surface area contributed by atoms with E-state index in [4.69, 9.17) is 24.0 Å². The second-order valence-corrected chi connectivity index (χ2v) is 8.85. The van der Waals surface area contributed by atoms with Crippen LogP contribution in [0.25, 0.3) is 22.6 Å². The van der Waals surface area contributed by atoms with Crippen LogP contribution < -0.4 is 4.90 Å². The smallest absolute Gasteiger partial charge is 0.441 e. The lowest BCUT2D eigenvalue weighted by Gasteiger charge is -2.16. The van der Waals surface area contributed by atoms with Gasteiger partial charge in [-0.3, -0.25) is 9.88 Å². The van der Waals surface area contributed by atoms with Crippen molar-refractivity contribution < 1.29 is 38.3 Å². The zero-order valence-corrected chi connectivity index (χ0v) is 20.4. The molecular formula is C21H26FN6O7P. The summed E-state index contributed by atoms with van der Waals surface area (Å²) in [6.07, 6.45) is 0.936. The molecule has 0 radical (unpaired) electrons. The van der Waals surface area contributed by atoms with Gasteiger partial charge < -0.3 is 24.5 Å². The van der Waals surface area contributed by atoms with Crippen molar-refractivity contribution in [1.29, 1.82) is 0 Å². The van der Waals surface area contributed by atoms with Crippen LogP contribution in [0.3, 0.4) is 0 Å². The highest BCUT2D eigenvalue weighted by Crippen LogP contribution is 2.30. The molecule has 1 unspecified atom stereocenters. The van der Waals surface area contributed by atoms with E-state index >= 15 is 0 Å². The summed E-state index contributed by atoms with van der Waals surface area (Å²) in [6, 6.07) is 7.96. The number of amides is 1. The number of aliphatic hydroxyl groups is 1. The molecular weight excluding hydrogens is 498 g/mol. The first-order valence-electron chi connectivity index (χ1n) is 11.0. The maximum atomic E-state index is 14.9. The van der Waals surface area contributed by atoms with E-state index in [0.717, 1.165) is 6.42 Å². The zero-order valence-electron chi connectivity index (χ0n) is 19.5. The summed E-state index contributed by atoms with van der Waals surface area (Å²) in [5.41, 5.74) is 1.85. The first-order chi connectivity index (χ1) is 17.0. The van der Waals surface area contributed by atoms with E-state index in [1.807, 2.05) is 6.92 Å². The van der Waals surface area contributed by atoms with Crippen LogP contribution in [0, 0.1) is 5.82 Å². The van der Waals surface area contributed by atoms with Gasteiger partial charge in [-0.1, -0.05) is 19.9 Å². The number of aliphatic hydroxyl groups excluding tert-OH is 1. The number of pyridine rings is 1. The van der Waals surface area contributed by atoms with Gasteiger partial charge >= 0.3 is 13.9 Å². The van der Waals surface area contributed by atoms with E-state index in [2.05, 4.69) is 20.4 Å². The Balaban J connectivity index is 0.000000658. The number of rotatable bonds is 7. The fraction of sp³-hybridized carbons (Fsp3) is 0.381. The lowest BCUT2D eigenvalue weighted by Crippen LogP contribution is -2.30. The van der Waals surface area contributed by atoms with Crippen LogP contribution in [0.15, 0.2) is 36.5 Å². The Morgan fingerprint density at radius 1 is 1.22 bits per heavy atom. The maximum absolute atomic E-state index is 14.9. The van der Waals surface area contributed by atoms with Gasteiger partial charge in [0.1, 0.15) is 17.6 Å². The molecule has 194 valence electrons. The summed E-state index contributed by atoms with van der Waals surface area (Å²) in [7, 11) is -4.64. The number of carbonyl (C=O) groups excluding carboxylic acids is 1. The molecule has 0 aliphatic carbocycles. The fourth-order valence-corrected chi connectivity index (χ4v) is 3.39. The van der Waals surface area contributed by atoms with Crippen molar-refractivity contribution in [2.45, 2.75) is 45.4 Å².